The number of hydrogen-bond donors (Lipinski definition) is 2. The van der Waals surface area contributed by atoms with Crippen molar-refractivity contribution < 1.29 is 10.2 Å². The Kier molecular flexibility index (Phi) is 4.46. The van der Waals surface area contributed by atoms with Crippen LogP contribution in [0.15, 0.2) is 36.4 Å². The molecule has 0 amide bonds. The van der Waals surface area contributed by atoms with Crippen LogP contribution in [0.1, 0.15) is 36.8 Å². The van der Waals surface area contributed by atoms with Gasteiger partial charge < -0.3 is 10.2 Å². The predicted molar refractivity (Wildman–Crippen MR) is 83.1 cm³/mol. The fraction of sp³-hybridized carbons (Fsp3) is 0.250. The van der Waals surface area contributed by atoms with Gasteiger partial charge in [-0.1, -0.05) is 37.0 Å². The molecule has 2 rings (SSSR count). The molecule has 106 valence electrons. The number of aromatic hydroxyl groups is 2. The minimum Gasteiger partial charge on any atom is -0.508 e. The van der Waals surface area contributed by atoms with E-state index in [-0.39, 0.29) is 23.3 Å². The van der Waals surface area contributed by atoms with Crippen LogP contribution < -0.4 is 0 Å². The van der Waals surface area contributed by atoms with Crippen LogP contribution in [0.2, 0.25) is 10.0 Å². The van der Waals surface area contributed by atoms with Gasteiger partial charge in [0.25, 0.3) is 0 Å². The Balaban J connectivity index is 2.39. The van der Waals surface area contributed by atoms with Gasteiger partial charge in [0.15, 0.2) is 0 Å². The molecule has 0 spiro atoms. The summed E-state index contributed by atoms with van der Waals surface area (Å²) in [5.41, 5.74) is 1.72. The predicted octanol–water partition coefficient (Wildman–Crippen LogP) is 5.31. The largest absolute Gasteiger partial charge is 0.508 e. The van der Waals surface area contributed by atoms with E-state index in [1.165, 1.54) is 0 Å². The van der Waals surface area contributed by atoms with E-state index in [0.717, 1.165) is 11.1 Å². The van der Waals surface area contributed by atoms with Gasteiger partial charge in [0.1, 0.15) is 11.5 Å². The maximum atomic E-state index is 9.61. The Hall–Kier alpha value is -1.38. The Morgan fingerprint density at radius 3 is 1.45 bits per heavy atom. The van der Waals surface area contributed by atoms with Gasteiger partial charge in [-0.3, -0.25) is 0 Å². The number of rotatable bonds is 3. The lowest BCUT2D eigenvalue weighted by atomic mass is 9.84. The molecule has 0 fully saturated rings. The SMILES string of the molecule is C[C@@H](c1cc(O)ccc1Cl)[C@@H](C)c1cc(O)ccc1Cl. The Bertz CT molecular complexity index is 570. The third-order valence-corrected chi connectivity index (χ3v) is 4.38. The van der Waals surface area contributed by atoms with Crippen LogP contribution in [0.4, 0.5) is 0 Å². The van der Waals surface area contributed by atoms with Crippen LogP contribution in [-0.4, -0.2) is 10.2 Å². The number of phenolic OH excluding ortho intramolecular Hbond substituents is 2. The number of phenols is 2. The first-order chi connectivity index (χ1) is 9.40. The highest BCUT2D eigenvalue weighted by Gasteiger charge is 2.21. The second-order valence-electron chi connectivity index (χ2n) is 4.99. The van der Waals surface area contributed by atoms with Crippen molar-refractivity contribution in [3.05, 3.63) is 57.6 Å². The van der Waals surface area contributed by atoms with Gasteiger partial charge in [0.2, 0.25) is 0 Å². The van der Waals surface area contributed by atoms with Gasteiger partial charge in [-0.05, 0) is 59.4 Å². The summed E-state index contributed by atoms with van der Waals surface area (Å²) in [5.74, 6) is 0.471. The molecule has 20 heavy (non-hydrogen) atoms. The fourth-order valence-electron chi connectivity index (χ4n) is 2.30. The van der Waals surface area contributed by atoms with E-state index < -0.39 is 0 Å². The van der Waals surface area contributed by atoms with Crippen molar-refractivity contribution in [1.29, 1.82) is 0 Å². The lowest BCUT2D eigenvalue weighted by Gasteiger charge is -2.23. The van der Waals surface area contributed by atoms with Crippen molar-refractivity contribution in [2.45, 2.75) is 25.7 Å². The molecular weight excluding hydrogens is 295 g/mol. The molecule has 0 unspecified atom stereocenters. The molecule has 0 saturated heterocycles. The molecule has 0 bridgehead atoms. The molecule has 2 atom stereocenters. The van der Waals surface area contributed by atoms with Crippen LogP contribution in [0.3, 0.4) is 0 Å². The summed E-state index contributed by atoms with van der Waals surface area (Å²) < 4.78 is 0. The highest BCUT2D eigenvalue weighted by Crippen LogP contribution is 2.40. The molecule has 0 aliphatic heterocycles. The molecule has 0 aromatic heterocycles. The molecule has 0 saturated carbocycles. The first kappa shape index (κ1) is 15.0. The van der Waals surface area contributed by atoms with Crippen molar-refractivity contribution in [3.8, 4) is 11.5 Å². The summed E-state index contributed by atoms with van der Waals surface area (Å²) in [7, 11) is 0. The first-order valence-electron chi connectivity index (χ1n) is 6.37. The summed E-state index contributed by atoms with van der Waals surface area (Å²) in [6.07, 6.45) is 0. The second kappa shape index (κ2) is 5.94. The Morgan fingerprint density at radius 1 is 0.750 bits per heavy atom. The number of hydrogen-bond acceptors (Lipinski definition) is 2. The first-order valence-corrected chi connectivity index (χ1v) is 7.12. The quantitative estimate of drug-likeness (QED) is 0.806. The Labute approximate surface area is 128 Å². The summed E-state index contributed by atoms with van der Waals surface area (Å²) in [5, 5.41) is 20.4. The van der Waals surface area contributed by atoms with Gasteiger partial charge in [0.05, 0.1) is 0 Å². The maximum absolute atomic E-state index is 9.61. The molecular formula is C16H16Cl2O2. The van der Waals surface area contributed by atoms with E-state index in [1.807, 2.05) is 13.8 Å². The van der Waals surface area contributed by atoms with Crippen molar-refractivity contribution in [2.75, 3.05) is 0 Å². The summed E-state index contributed by atoms with van der Waals surface area (Å²) in [4.78, 5) is 0. The lowest BCUT2D eigenvalue weighted by Crippen LogP contribution is -2.06. The van der Waals surface area contributed by atoms with Gasteiger partial charge in [-0.25, -0.2) is 0 Å². The van der Waals surface area contributed by atoms with Crippen LogP contribution in [-0.2, 0) is 0 Å². The zero-order valence-electron chi connectivity index (χ0n) is 11.3. The van der Waals surface area contributed by atoms with Gasteiger partial charge >= 0.3 is 0 Å². The molecule has 2 nitrogen and oxygen atoms in total. The summed E-state index contributed by atoms with van der Waals surface area (Å²) in [6.45, 7) is 4.04. The minimum atomic E-state index is 0.0499. The van der Waals surface area contributed by atoms with E-state index in [4.69, 9.17) is 23.2 Å². The van der Waals surface area contributed by atoms with Gasteiger partial charge in [-0.2, -0.15) is 0 Å². The minimum absolute atomic E-state index is 0.0499. The average Bonchev–Trinajstić information content (AvgIpc) is 2.42. The molecule has 0 heterocycles. The van der Waals surface area contributed by atoms with Crippen molar-refractivity contribution in [1.82, 2.24) is 0 Å². The van der Waals surface area contributed by atoms with E-state index >= 15 is 0 Å². The fourth-order valence-corrected chi connectivity index (χ4v) is 2.88. The third-order valence-electron chi connectivity index (χ3n) is 3.69. The zero-order chi connectivity index (χ0) is 14.9. The van der Waals surface area contributed by atoms with Crippen LogP contribution in [0, 0.1) is 0 Å². The molecule has 2 N–H and O–H groups in total. The highest BCUT2D eigenvalue weighted by molar-refractivity contribution is 6.32. The van der Waals surface area contributed by atoms with E-state index in [2.05, 4.69) is 0 Å². The molecule has 0 aliphatic rings. The molecule has 0 aliphatic carbocycles. The number of benzene rings is 2. The highest BCUT2D eigenvalue weighted by atomic mass is 35.5. The van der Waals surface area contributed by atoms with Crippen LogP contribution >= 0.6 is 23.2 Å². The zero-order valence-corrected chi connectivity index (χ0v) is 12.8. The van der Waals surface area contributed by atoms with Crippen molar-refractivity contribution >= 4 is 23.2 Å². The van der Waals surface area contributed by atoms with Crippen LogP contribution in [0.5, 0.6) is 11.5 Å². The second-order valence-corrected chi connectivity index (χ2v) is 5.80. The standard InChI is InChI=1S/C16H16Cl2O2/c1-9(13-7-11(19)3-5-15(13)17)10(2)14-8-12(20)4-6-16(14)18/h3-10,19-20H,1-2H3/t9-,10-/m1/s1. The molecule has 4 heteroatoms. The van der Waals surface area contributed by atoms with E-state index in [1.54, 1.807) is 36.4 Å². The molecule has 2 aromatic rings. The topological polar surface area (TPSA) is 40.5 Å². The van der Waals surface area contributed by atoms with E-state index in [9.17, 15) is 10.2 Å². The van der Waals surface area contributed by atoms with Crippen LogP contribution in [0.25, 0.3) is 0 Å². The maximum Gasteiger partial charge on any atom is 0.115 e. The third kappa shape index (κ3) is 3.02. The monoisotopic (exact) mass is 310 g/mol. The average molecular weight is 311 g/mol. The molecule has 0 radical (unpaired) electrons. The lowest BCUT2D eigenvalue weighted by molar-refractivity contribution is 0.470. The molecule has 2 aromatic carbocycles. The number of halogens is 2. The normalized spacial score (nSPS) is 14.0. The Morgan fingerprint density at radius 2 is 1.10 bits per heavy atom. The van der Waals surface area contributed by atoms with Crippen molar-refractivity contribution in [2.24, 2.45) is 0 Å². The summed E-state index contributed by atoms with van der Waals surface area (Å²) >= 11 is 12.4. The summed E-state index contributed by atoms with van der Waals surface area (Å²) in [6, 6.07) is 9.81. The van der Waals surface area contributed by atoms with E-state index in [0.29, 0.717) is 10.0 Å². The van der Waals surface area contributed by atoms with Gasteiger partial charge in [-0.15, -0.1) is 0 Å². The van der Waals surface area contributed by atoms with Gasteiger partial charge in [0, 0.05) is 10.0 Å². The smallest absolute Gasteiger partial charge is 0.115 e. The van der Waals surface area contributed by atoms with Crippen molar-refractivity contribution in [3.63, 3.8) is 0 Å².